The van der Waals surface area contributed by atoms with Crippen LogP contribution in [-0.4, -0.2) is 50.0 Å². The molecular formula is C20H28N2O5. The first-order valence-electron chi connectivity index (χ1n) is 9.52. The average molecular weight is 376 g/mol. The summed E-state index contributed by atoms with van der Waals surface area (Å²) < 4.78 is 11.5. The number of ether oxygens (including phenoxy) is 2. The summed E-state index contributed by atoms with van der Waals surface area (Å²) in [5.74, 6) is -1.03. The van der Waals surface area contributed by atoms with E-state index in [4.69, 9.17) is 14.6 Å². The summed E-state index contributed by atoms with van der Waals surface area (Å²) in [5, 5.41) is 15.0. The smallest absolute Gasteiger partial charge is 0.315 e. The number of carboxylic acids is 1. The fraction of sp³-hybridized carbons (Fsp3) is 0.600. The third-order valence-electron chi connectivity index (χ3n) is 5.58. The maximum absolute atomic E-state index is 12.4. The summed E-state index contributed by atoms with van der Waals surface area (Å²) in [6.07, 6.45) is 3.43. The zero-order valence-electron chi connectivity index (χ0n) is 15.7. The minimum absolute atomic E-state index is 0.0125. The summed E-state index contributed by atoms with van der Waals surface area (Å²) >= 11 is 0. The molecule has 7 nitrogen and oxygen atoms in total. The molecule has 0 saturated heterocycles. The van der Waals surface area contributed by atoms with Gasteiger partial charge in [-0.1, -0.05) is 24.3 Å². The van der Waals surface area contributed by atoms with Gasteiger partial charge in [-0.3, -0.25) is 4.79 Å². The molecule has 2 amide bonds. The molecule has 3 N–H and O–H groups in total. The molecule has 2 aliphatic rings. The number of rotatable bonds is 6. The van der Waals surface area contributed by atoms with Crippen LogP contribution in [0, 0.1) is 5.92 Å². The van der Waals surface area contributed by atoms with Crippen LogP contribution in [0.5, 0.6) is 0 Å². The van der Waals surface area contributed by atoms with Gasteiger partial charge >= 0.3 is 12.0 Å². The van der Waals surface area contributed by atoms with Crippen molar-refractivity contribution in [3.8, 4) is 0 Å². The molecule has 1 saturated carbocycles. The van der Waals surface area contributed by atoms with Crippen molar-refractivity contribution in [2.45, 2.75) is 43.7 Å². The number of carbonyl (C=O) groups is 2. The predicted octanol–water partition coefficient (Wildman–Crippen LogP) is 2.04. The van der Waals surface area contributed by atoms with Gasteiger partial charge in [0.05, 0.1) is 25.7 Å². The lowest BCUT2D eigenvalue weighted by atomic mass is 9.86. The standard InChI is InChI=1S/C20H28N2O5/c1-26-13-20(17-5-3-2-4-14(17)10-11-27-20)12-21-19(25)22-16-8-6-15(7-9-16)18(23)24/h2-5,15-16H,6-13H2,1H3,(H,23,24)(H2,21,22,25). The summed E-state index contributed by atoms with van der Waals surface area (Å²) in [4.78, 5) is 23.4. The number of fused-ring (bicyclic) bond motifs is 1. The zero-order valence-corrected chi connectivity index (χ0v) is 15.7. The Kier molecular flexibility index (Phi) is 6.34. The SMILES string of the molecule is COCC1(CNC(=O)NC2CCC(C(=O)O)CC2)OCCc2ccccc21. The van der Waals surface area contributed by atoms with E-state index in [-0.39, 0.29) is 18.0 Å². The van der Waals surface area contributed by atoms with Gasteiger partial charge in [-0.15, -0.1) is 0 Å². The highest BCUT2D eigenvalue weighted by Gasteiger charge is 2.38. The van der Waals surface area contributed by atoms with Crippen molar-refractivity contribution in [2.75, 3.05) is 26.9 Å². The number of carbonyl (C=O) groups excluding carboxylic acids is 1. The molecule has 1 aromatic carbocycles. The van der Waals surface area contributed by atoms with E-state index in [9.17, 15) is 9.59 Å². The van der Waals surface area contributed by atoms with Gasteiger partial charge in [-0.25, -0.2) is 4.79 Å². The van der Waals surface area contributed by atoms with Crippen LogP contribution in [-0.2, 0) is 26.3 Å². The molecule has 1 unspecified atom stereocenters. The topological polar surface area (TPSA) is 96.9 Å². The molecule has 0 spiro atoms. The molecule has 1 aliphatic carbocycles. The molecule has 3 rings (SSSR count). The molecule has 7 heteroatoms. The first kappa shape index (κ1) is 19.6. The summed E-state index contributed by atoms with van der Waals surface area (Å²) in [7, 11) is 1.63. The Morgan fingerprint density at radius 3 is 2.70 bits per heavy atom. The van der Waals surface area contributed by atoms with Crippen molar-refractivity contribution in [1.82, 2.24) is 10.6 Å². The van der Waals surface area contributed by atoms with Gasteiger partial charge in [0, 0.05) is 13.2 Å². The number of carboxylic acid groups (broad SMARTS) is 1. The Balaban J connectivity index is 1.58. The Labute approximate surface area is 159 Å². The van der Waals surface area contributed by atoms with Gasteiger partial charge in [0.25, 0.3) is 0 Å². The molecule has 1 heterocycles. The third kappa shape index (κ3) is 4.59. The van der Waals surface area contributed by atoms with E-state index in [2.05, 4.69) is 16.7 Å². The lowest BCUT2D eigenvalue weighted by molar-refractivity contribution is -0.142. The van der Waals surface area contributed by atoms with Crippen LogP contribution in [0.3, 0.4) is 0 Å². The first-order chi connectivity index (χ1) is 13.0. The molecule has 1 aliphatic heterocycles. The monoisotopic (exact) mass is 376 g/mol. The molecule has 1 fully saturated rings. The minimum atomic E-state index is -0.743. The van der Waals surface area contributed by atoms with E-state index >= 15 is 0 Å². The zero-order chi connectivity index (χ0) is 19.3. The second kappa shape index (κ2) is 8.71. The van der Waals surface area contributed by atoms with Crippen LogP contribution in [0.2, 0.25) is 0 Å². The second-order valence-corrected chi connectivity index (χ2v) is 7.40. The fourth-order valence-electron chi connectivity index (χ4n) is 4.11. The largest absolute Gasteiger partial charge is 0.481 e. The van der Waals surface area contributed by atoms with Crippen LogP contribution >= 0.6 is 0 Å². The molecule has 0 bridgehead atoms. The Bertz CT molecular complexity index is 672. The molecule has 0 aromatic heterocycles. The highest BCUT2D eigenvalue weighted by molar-refractivity contribution is 5.74. The molecule has 0 radical (unpaired) electrons. The van der Waals surface area contributed by atoms with Crippen molar-refractivity contribution in [3.63, 3.8) is 0 Å². The number of hydrogen-bond donors (Lipinski definition) is 3. The highest BCUT2D eigenvalue weighted by atomic mass is 16.5. The van der Waals surface area contributed by atoms with Gasteiger partial charge < -0.3 is 25.2 Å². The van der Waals surface area contributed by atoms with Crippen molar-refractivity contribution >= 4 is 12.0 Å². The quantitative estimate of drug-likeness (QED) is 0.706. The Morgan fingerprint density at radius 2 is 2.00 bits per heavy atom. The summed E-state index contributed by atoms with van der Waals surface area (Å²) in [6, 6.07) is 7.85. The Morgan fingerprint density at radius 1 is 1.26 bits per heavy atom. The number of amides is 2. The Hall–Kier alpha value is -2.12. The van der Waals surface area contributed by atoms with E-state index in [0.29, 0.717) is 45.4 Å². The predicted molar refractivity (Wildman–Crippen MR) is 99.6 cm³/mol. The van der Waals surface area contributed by atoms with E-state index < -0.39 is 11.6 Å². The van der Waals surface area contributed by atoms with Crippen molar-refractivity contribution in [2.24, 2.45) is 5.92 Å². The van der Waals surface area contributed by atoms with Crippen LogP contribution in [0.15, 0.2) is 24.3 Å². The molecule has 148 valence electrons. The lowest BCUT2D eigenvalue weighted by Crippen LogP contribution is -2.52. The van der Waals surface area contributed by atoms with Crippen LogP contribution in [0.1, 0.15) is 36.8 Å². The van der Waals surface area contributed by atoms with Crippen LogP contribution in [0.4, 0.5) is 4.79 Å². The highest BCUT2D eigenvalue weighted by Crippen LogP contribution is 2.33. The minimum Gasteiger partial charge on any atom is -0.481 e. The van der Waals surface area contributed by atoms with Crippen LogP contribution in [0.25, 0.3) is 0 Å². The van der Waals surface area contributed by atoms with E-state index in [1.165, 1.54) is 5.56 Å². The third-order valence-corrected chi connectivity index (χ3v) is 5.58. The maximum atomic E-state index is 12.4. The number of benzene rings is 1. The van der Waals surface area contributed by atoms with E-state index in [1.807, 2.05) is 18.2 Å². The molecule has 1 atom stereocenters. The summed E-state index contributed by atoms with van der Waals surface area (Å²) in [5.41, 5.74) is 1.58. The van der Waals surface area contributed by atoms with Crippen molar-refractivity contribution in [1.29, 1.82) is 0 Å². The van der Waals surface area contributed by atoms with Crippen molar-refractivity contribution < 1.29 is 24.2 Å². The summed E-state index contributed by atoms with van der Waals surface area (Å²) in [6.45, 7) is 1.26. The maximum Gasteiger partial charge on any atom is 0.315 e. The van der Waals surface area contributed by atoms with Crippen LogP contribution < -0.4 is 10.6 Å². The second-order valence-electron chi connectivity index (χ2n) is 7.40. The number of methoxy groups -OCH3 is 1. The number of aliphatic carboxylic acids is 1. The van der Waals surface area contributed by atoms with Gasteiger partial charge in [-0.2, -0.15) is 0 Å². The molecular weight excluding hydrogens is 348 g/mol. The number of hydrogen-bond acceptors (Lipinski definition) is 4. The van der Waals surface area contributed by atoms with Gasteiger partial charge in [0.1, 0.15) is 5.60 Å². The number of urea groups is 1. The number of nitrogens with one attached hydrogen (secondary N) is 2. The first-order valence-corrected chi connectivity index (χ1v) is 9.52. The van der Waals surface area contributed by atoms with Gasteiger partial charge in [-0.05, 0) is 43.2 Å². The lowest BCUT2D eigenvalue weighted by Gasteiger charge is -2.39. The fourth-order valence-corrected chi connectivity index (χ4v) is 4.11. The van der Waals surface area contributed by atoms with Gasteiger partial charge in [0.15, 0.2) is 0 Å². The van der Waals surface area contributed by atoms with E-state index in [1.54, 1.807) is 7.11 Å². The van der Waals surface area contributed by atoms with E-state index in [0.717, 1.165) is 12.0 Å². The molecule has 27 heavy (non-hydrogen) atoms. The van der Waals surface area contributed by atoms with Gasteiger partial charge in [0.2, 0.25) is 0 Å². The van der Waals surface area contributed by atoms with Crippen molar-refractivity contribution in [3.05, 3.63) is 35.4 Å². The average Bonchev–Trinajstić information content (AvgIpc) is 2.67. The molecule has 1 aromatic rings. The normalized spacial score (nSPS) is 27.4.